The number of halogens is 2. The van der Waals surface area contributed by atoms with Crippen molar-refractivity contribution >= 4 is 15.9 Å². The van der Waals surface area contributed by atoms with Crippen LogP contribution < -0.4 is 9.46 Å². The minimum atomic E-state index is -3.68. The predicted octanol–water partition coefficient (Wildman–Crippen LogP) is 0.419. The van der Waals surface area contributed by atoms with Crippen molar-refractivity contribution in [2.75, 3.05) is 12.9 Å². The number of benzene rings is 1. The van der Waals surface area contributed by atoms with Gasteiger partial charge in [0.2, 0.25) is 10.0 Å². The lowest BCUT2D eigenvalue weighted by molar-refractivity contribution is -0.121. The summed E-state index contributed by atoms with van der Waals surface area (Å²) in [4.78, 5) is 11.0. The van der Waals surface area contributed by atoms with Crippen LogP contribution in [0, 0.1) is 11.6 Å². The average Bonchev–Trinajstić information content (AvgIpc) is 2.13. The third-order valence-electron chi connectivity index (χ3n) is 1.55. The van der Waals surface area contributed by atoms with Gasteiger partial charge >= 0.3 is 0 Å². The van der Waals surface area contributed by atoms with E-state index in [0.29, 0.717) is 6.07 Å². The van der Waals surface area contributed by atoms with Crippen LogP contribution in [0.4, 0.5) is 8.78 Å². The normalized spacial score (nSPS) is 11.0. The summed E-state index contributed by atoms with van der Waals surface area (Å²) in [5.74, 6) is -3.04. The number of amides is 1. The van der Waals surface area contributed by atoms with Gasteiger partial charge in [-0.2, -0.15) is 0 Å². The molecule has 0 aliphatic heterocycles. The number of nitrogens with one attached hydrogen (secondary N) is 1. The Kier molecular flexibility index (Phi) is 4.00. The second-order valence-electron chi connectivity index (χ2n) is 3.16. The van der Waals surface area contributed by atoms with E-state index < -0.39 is 34.2 Å². The maximum atomic E-state index is 13.0. The van der Waals surface area contributed by atoms with Crippen LogP contribution in [0.25, 0.3) is 0 Å². The van der Waals surface area contributed by atoms with Gasteiger partial charge in [0.05, 0.1) is 6.26 Å². The second-order valence-corrected chi connectivity index (χ2v) is 4.91. The monoisotopic (exact) mass is 265 g/mol. The molecule has 0 saturated carbocycles. The zero-order valence-electron chi connectivity index (χ0n) is 8.74. The van der Waals surface area contributed by atoms with Crippen LogP contribution in [0.3, 0.4) is 0 Å². The minimum absolute atomic E-state index is 0.338. The second kappa shape index (κ2) is 5.09. The largest absolute Gasteiger partial charge is 0.481 e. The van der Waals surface area contributed by atoms with E-state index in [2.05, 4.69) is 4.74 Å². The Morgan fingerprint density at radius 2 is 2.06 bits per heavy atom. The molecule has 1 aromatic carbocycles. The fourth-order valence-corrected chi connectivity index (χ4v) is 1.44. The third kappa shape index (κ3) is 4.77. The molecule has 0 spiro atoms. The summed E-state index contributed by atoms with van der Waals surface area (Å²) in [5, 5.41) is 0. The molecule has 1 N–H and O–H groups in total. The topological polar surface area (TPSA) is 72.5 Å². The van der Waals surface area contributed by atoms with E-state index >= 15 is 0 Å². The first-order chi connectivity index (χ1) is 7.78. The number of hydrogen-bond donors (Lipinski definition) is 1. The highest BCUT2D eigenvalue weighted by atomic mass is 32.2. The van der Waals surface area contributed by atoms with E-state index in [1.165, 1.54) is 0 Å². The molecular formula is C9H9F2NO4S. The van der Waals surface area contributed by atoms with Gasteiger partial charge in [-0.1, -0.05) is 0 Å². The number of carbonyl (C=O) groups is 1. The molecule has 8 heteroatoms. The van der Waals surface area contributed by atoms with Gasteiger partial charge in [-0.05, 0) is 12.1 Å². The smallest absolute Gasteiger partial charge is 0.271 e. The molecule has 0 aliphatic carbocycles. The summed E-state index contributed by atoms with van der Waals surface area (Å²) < 4.78 is 53.2. The molecule has 1 rings (SSSR count). The molecule has 0 fully saturated rings. The molecule has 0 unspecified atom stereocenters. The Hall–Kier alpha value is -1.70. The fraction of sp³-hybridized carbons (Fsp3) is 0.222. The van der Waals surface area contributed by atoms with Gasteiger partial charge in [-0.15, -0.1) is 0 Å². The van der Waals surface area contributed by atoms with Crippen molar-refractivity contribution in [2.45, 2.75) is 0 Å². The van der Waals surface area contributed by atoms with Gasteiger partial charge in [-0.3, -0.25) is 9.52 Å². The number of sulfonamides is 1. The van der Waals surface area contributed by atoms with Gasteiger partial charge in [0.25, 0.3) is 5.91 Å². The van der Waals surface area contributed by atoms with Crippen LogP contribution >= 0.6 is 0 Å². The molecule has 1 aromatic rings. The summed E-state index contributed by atoms with van der Waals surface area (Å²) in [6.45, 7) is -0.685. The first kappa shape index (κ1) is 13.4. The molecule has 0 radical (unpaired) electrons. The van der Waals surface area contributed by atoms with Crippen LogP contribution in [0.5, 0.6) is 5.75 Å². The van der Waals surface area contributed by atoms with Crippen molar-refractivity contribution in [3.05, 3.63) is 29.8 Å². The lowest BCUT2D eigenvalue weighted by Crippen LogP contribution is -2.33. The Bertz CT molecular complexity index is 530. The lowest BCUT2D eigenvalue weighted by atomic mass is 10.3. The number of carbonyl (C=O) groups excluding carboxylic acids is 1. The standard InChI is InChI=1S/C9H9F2NO4S/c1-17(14,15)12-9(13)5-16-8-3-2-6(10)4-7(8)11/h2-4H,5H2,1H3,(H,12,13). The molecule has 0 aliphatic rings. The molecule has 0 bridgehead atoms. The van der Waals surface area contributed by atoms with Crippen molar-refractivity contribution in [3.63, 3.8) is 0 Å². The van der Waals surface area contributed by atoms with Gasteiger partial charge < -0.3 is 4.74 Å². The van der Waals surface area contributed by atoms with Crippen LogP contribution in [0.2, 0.25) is 0 Å². The molecule has 5 nitrogen and oxygen atoms in total. The number of rotatable bonds is 4. The van der Waals surface area contributed by atoms with E-state index in [4.69, 9.17) is 0 Å². The molecule has 0 atom stereocenters. The summed E-state index contributed by atoms with van der Waals surface area (Å²) in [7, 11) is -3.68. The summed E-state index contributed by atoms with van der Waals surface area (Å²) in [5.41, 5.74) is 0. The van der Waals surface area contributed by atoms with Crippen LogP contribution in [-0.4, -0.2) is 27.2 Å². The van der Waals surface area contributed by atoms with E-state index in [1.807, 2.05) is 0 Å². The zero-order valence-corrected chi connectivity index (χ0v) is 9.55. The maximum Gasteiger partial charge on any atom is 0.271 e. The summed E-state index contributed by atoms with van der Waals surface area (Å²) in [6.07, 6.45) is 0.795. The number of hydrogen-bond acceptors (Lipinski definition) is 4. The van der Waals surface area contributed by atoms with Crippen LogP contribution in [0.15, 0.2) is 18.2 Å². The zero-order chi connectivity index (χ0) is 13.1. The van der Waals surface area contributed by atoms with Gasteiger partial charge in [-0.25, -0.2) is 17.2 Å². The van der Waals surface area contributed by atoms with Crippen molar-refractivity contribution in [2.24, 2.45) is 0 Å². The maximum absolute atomic E-state index is 13.0. The fourth-order valence-electron chi connectivity index (χ4n) is 0.972. The lowest BCUT2D eigenvalue weighted by Gasteiger charge is -2.06. The molecule has 0 aromatic heterocycles. The van der Waals surface area contributed by atoms with Crippen molar-refractivity contribution < 1.29 is 26.7 Å². The molecule has 1 amide bonds. The van der Waals surface area contributed by atoms with Crippen molar-refractivity contribution in [1.29, 1.82) is 0 Å². The van der Waals surface area contributed by atoms with Gasteiger partial charge in [0, 0.05) is 6.07 Å². The summed E-state index contributed by atoms with van der Waals surface area (Å²) >= 11 is 0. The highest BCUT2D eigenvalue weighted by Gasteiger charge is 2.11. The Labute approximate surface area is 96.4 Å². The van der Waals surface area contributed by atoms with E-state index in [-0.39, 0.29) is 5.75 Å². The Balaban J connectivity index is 2.59. The van der Waals surface area contributed by atoms with E-state index in [9.17, 15) is 22.0 Å². The van der Waals surface area contributed by atoms with Crippen molar-refractivity contribution in [1.82, 2.24) is 4.72 Å². The minimum Gasteiger partial charge on any atom is -0.481 e. The van der Waals surface area contributed by atoms with Gasteiger partial charge in [0.15, 0.2) is 18.2 Å². The van der Waals surface area contributed by atoms with E-state index in [0.717, 1.165) is 18.4 Å². The van der Waals surface area contributed by atoms with Gasteiger partial charge in [0.1, 0.15) is 5.82 Å². The molecule has 0 saturated heterocycles. The molecular weight excluding hydrogens is 256 g/mol. The third-order valence-corrected chi connectivity index (χ3v) is 2.15. The first-order valence-corrected chi connectivity index (χ1v) is 6.25. The van der Waals surface area contributed by atoms with Crippen LogP contribution in [-0.2, 0) is 14.8 Å². The van der Waals surface area contributed by atoms with E-state index in [1.54, 1.807) is 4.72 Å². The quantitative estimate of drug-likeness (QED) is 0.856. The van der Waals surface area contributed by atoms with Crippen molar-refractivity contribution in [3.8, 4) is 5.75 Å². The average molecular weight is 265 g/mol. The Morgan fingerprint density at radius 3 is 2.59 bits per heavy atom. The molecule has 0 heterocycles. The number of ether oxygens (including phenoxy) is 1. The molecule has 94 valence electrons. The predicted molar refractivity (Wildman–Crippen MR) is 54.8 cm³/mol. The first-order valence-electron chi connectivity index (χ1n) is 4.36. The van der Waals surface area contributed by atoms with Crippen LogP contribution in [0.1, 0.15) is 0 Å². The highest BCUT2D eigenvalue weighted by molar-refractivity contribution is 7.89. The highest BCUT2D eigenvalue weighted by Crippen LogP contribution is 2.17. The summed E-state index contributed by atoms with van der Waals surface area (Å²) in [6, 6.07) is 2.54. The Morgan fingerprint density at radius 1 is 1.41 bits per heavy atom. The molecule has 17 heavy (non-hydrogen) atoms. The SMILES string of the molecule is CS(=O)(=O)NC(=O)COc1ccc(F)cc1F.